The van der Waals surface area contributed by atoms with Crippen molar-refractivity contribution in [1.82, 2.24) is 14.7 Å². The van der Waals surface area contributed by atoms with Gasteiger partial charge in [-0.2, -0.15) is 18.3 Å². The van der Waals surface area contributed by atoms with Gasteiger partial charge in [-0.1, -0.05) is 13.8 Å². The molecule has 0 unspecified atom stereocenters. The maximum atomic E-state index is 13.9. The van der Waals surface area contributed by atoms with E-state index in [1.807, 2.05) is 13.8 Å². The molecule has 3 aromatic rings. The summed E-state index contributed by atoms with van der Waals surface area (Å²) in [5.41, 5.74) is -1.29. The molecular formula is C26H29F3N4O5. The predicted molar refractivity (Wildman–Crippen MR) is 133 cm³/mol. The van der Waals surface area contributed by atoms with Crippen LogP contribution >= 0.6 is 0 Å². The van der Waals surface area contributed by atoms with Gasteiger partial charge in [-0.3, -0.25) is 0 Å². The summed E-state index contributed by atoms with van der Waals surface area (Å²) < 4.78 is 48.2. The Morgan fingerprint density at radius 1 is 1.16 bits per heavy atom. The van der Waals surface area contributed by atoms with Crippen molar-refractivity contribution >= 4 is 28.6 Å². The third kappa shape index (κ3) is 6.18. The van der Waals surface area contributed by atoms with Crippen LogP contribution < -0.4 is 10.1 Å². The van der Waals surface area contributed by atoms with Gasteiger partial charge in [0, 0.05) is 24.2 Å². The van der Waals surface area contributed by atoms with Gasteiger partial charge in [0.1, 0.15) is 5.75 Å². The molecule has 0 atom stereocenters. The Balaban J connectivity index is 1.59. The molecule has 0 spiro atoms. The number of nitrogens with one attached hydrogen (secondary N) is 1. The molecular weight excluding hydrogens is 505 g/mol. The number of nitrogens with zero attached hydrogens (tertiary/aromatic N) is 3. The van der Waals surface area contributed by atoms with E-state index in [1.165, 1.54) is 39.9 Å². The Hall–Kier alpha value is -3.80. The number of aliphatic carboxylic acids is 1. The van der Waals surface area contributed by atoms with Crippen LogP contribution in [0.2, 0.25) is 0 Å². The molecule has 12 heteroatoms. The standard InChI is InChI=1S/C26H29F3N4O5/c1-16(2)13-25(37)7-9-32(10-8-25)24(36)31-17-11-21(26(27,28)29)20-14-30-33(22(20)12-17)18-3-5-19(6-4-18)38-15-23(34)35/h3-6,11-12,14,16,37H,7-10,13,15H2,1-2H3,(H,31,36)(H,34,35). The number of aliphatic hydroxyl groups is 1. The number of rotatable bonds is 7. The number of urea groups is 1. The number of fused-ring (bicyclic) bond motifs is 1. The molecule has 0 saturated carbocycles. The van der Waals surface area contributed by atoms with E-state index in [0.29, 0.717) is 30.9 Å². The second-order valence-electron chi connectivity index (χ2n) is 9.93. The van der Waals surface area contributed by atoms with Gasteiger partial charge >= 0.3 is 18.2 Å². The van der Waals surface area contributed by atoms with Crippen LogP contribution in [0.3, 0.4) is 0 Å². The molecule has 0 bridgehead atoms. The number of anilines is 1. The fourth-order valence-electron chi connectivity index (χ4n) is 4.76. The van der Waals surface area contributed by atoms with E-state index in [4.69, 9.17) is 9.84 Å². The molecule has 1 aliphatic rings. The molecule has 0 aliphatic carbocycles. The predicted octanol–water partition coefficient (Wildman–Crippen LogP) is 4.91. The van der Waals surface area contributed by atoms with Crippen molar-refractivity contribution in [3.05, 3.63) is 48.2 Å². The summed E-state index contributed by atoms with van der Waals surface area (Å²) in [5.74, 6) is -0.568. The molecule has 1 saturated heterocycles. The normalized spacial score (nSPS) is 15.6. The zero-order valence-electron chi connectivity index (χ0n) is 21.0. The van der Waals surface area contributed by atoms with Crippen molar-refractivity contribution in [2.45, 2.75) is 44.9 Å². The Morgan fingerprint density at radius 2 is 1.82 bits per heavy atom. The van der Waals surface area contributed by atoms with Gasteiger partial charge in [0.15, 0.2) is 6.61 Å². The van der Waals surface area contributed by atoms with Crippen LogP contribution in [0.5, 0.6) is 5.75 Å². The summed E-state index contributed by atoms with van der Waals surface area (Å²) in [7, 11) is 0. The zero-order valence-corrected chi connectivity index (χ0v) is 21.0. The number of carboxylic acid groups (broad SMARTS) is 1. The van der Waals surface area contributed by atoms with Crippen LogP contribution in [0.25, 0.3) is 16.6 Å². The highest BCUT2D eigenvalue weighted by atomic mass is 19.4. The molecule has 3 N–H and O–H groups in total. The van der Waals surface area contributed by atoms with E-state index >= 15 is 0 Å². The molecule has 0 radical (unpaired) electrons. The quantitative estimate of drug-likeness (QED) is 0.397. The lowest BCUT2D eigenvalue weighted by Gasteiger charge is -2.39. The topological polar surface area (TPSA) is 117 Å². The van der Waals surface area contributed by atoms with E-state index in [0.717, 1.165) is 12.3 Å². The maximum absolute atomic E-state index is 13.9. The van der Waals surface area contributed by atoms with Gasteiger partial charge in [0.2, 0.25) is 0 Å². The molecule has 9 nitrogen and oxygen atoms in total. The lowest BCUT2D eigenvalue weighted by Crippen LogP contribution is -2.48. The number of halogens is 3. The van der Waals surface area contributed by atoms with E-state index < -0.39 is 35.9 Å². The lowest BCUT2D eigenvalue weighted by atomic mass is 9.84. The van der Waals surface area contributed by atoms with Crippen LogP contribution in [0.15, 0.2) is 42.6 Å². The number of carbonyl (C=O) groups is 2. The van der Waals surface area contributed by atoms with Crippen LogP contribution in [0.1, 0.15) is 38.7 Å². The molecule has 204 valence electrons. The summed E-state index contributed by atoms with van der Waals surface area (Å²) in [6, 6.07) is 7.80. The Morgan fingerprint density at radius 3 is 2.39 bits per heavy atom. The number of hydrogen-bond acceptors (Lipinski definition) is 5. The summed E-state index contributed by atoms with van der Waals surface area (Å²) in [5, 5.41) is 26.0. The number of benzene rings is 2. The molecule has 1 aromatic heterocycles. The van der Waals surface area contributed by atoms with Crippen molar-refractivity contribution in [3.63, 3.8) is 0 Å². The van der Waals surface area contributed by atoms with Gasteiger partial charge in [0.25, 0.3) is 0 Å². The fraction of sp³-hybridized carbons (Fsp3) is 0.423. The number of aromatic nitrogens is 2. The summed E-state index contributed by atoms with van der Waals surface area (Å²) in [6.07, 6.45) is -2.18. The summed E-state index contributed by atoms with van der Waals surface area (Å²) in [4.78, 5) is 25.1. The van der Waals surface area contributed by atoms with E-state index in [9.17, 15) is 27.9 Å². The van der Waals surface area contributed by atoms with Crippen molar-refractivity contribution in [1.29, 1.82) is 0 Å². The number of amides is 2. The van der Waals surface area contributed by atoms with Crippen LogP contribution in [-0.4, -0.2) is 62.2 Å². The van der Waals surface area contributed by atoms with Gasteiger partial charge in [0.05, 0.1) is 28.6 Å². The first-order valence-corrected chi connectivity index (χ1v) is 12.2. The number of likely N-dealkylation sites (tertiary alicyclic amines) is 1. The first-order valence-electron chi connectivity index (χ1n) is 12.2. The second kappa shape index (κ2) is 10.5. The largest absolute Gasteiger partial charge is 0.482 e. The van der Waals surface area contributed by atoms with Crippen molar-refractivity contribution in [3.8, 4) is 11.4 Å². The van der Waals surface area contributed by atoms with Crippen molar-refractivity contribution < 1.29 is 37.7 Å². The van der Waals surface area contributed by atoms with Gasteiger partial charge in [-0.15, -0.1) is 0 Å². The van der Waals surface area contributed by atoms with Gasteiger partial charge < -0.3 is 25.2 Å². The number of carboxylic acids is 1. The zero-order chi connectivity index (χ0) is 27.7. The fourth-order valence-corrected chi connectivity index (χ4v) is 4.76. The van der Waals surface area contributed by atoms with Crippen molar-refractivity contribution in [2.24, 2.45) is 5.92 Å². The smallest absolute Gasteiger partial charge is 0.417 e. The highest BCUT2D eigenvalue weighted by Gasteiger charge is 2.36. The first-order chi connectivity index (χ1) is 17.8. The average Bonchev–Trinajstić information content (AvgIpc) is 3.25. The molecule has 2 aromatic carbocycles. The van der Waals surface area contributed by atoms with E-state index in [2.05, 4.69) is 10.4 Å². The highest BCUT2D eigenvalue weighted by molar-refractivity contribution is 5.94. The number of hydrogen-bond donors (Lipinski definition) is 3. The molecule has 1 aliphatic heterocycles. The molecule has 1 fully saturated rings. The summed E-state index contributed by atoms with van der Waals surface area (Å²) in [6.45, 7) is 4.07. The van der Waals surface area contributed by atoms with Crippen LogP contribution in [0.4, 0.5) is 23.7 Å². The molecule has 4 rings (SSSR count). The Labute approximate surface area is 216 Å². The number of piperidine rings is 1. The first kappa shape index (κ1) is 27.2. The number of alkyl halides is 3. The second-order valence-corrected chi connectivity index (χ2v) is 9.93. The Kier molecular flexibility index (Phi) is 7.54. The van der Waals surface area contributed by atoms with Gasteiger partial charge in [-0.05, 0) is 61.6 Å². The van der Waals surface area contributed by atoms with Crippen LogP contribution in [-0.2, 0) is 11.0 Å². The minimum absolute atomic E-state index is 0.0407. The Bertz CT molecular complexity index is 1310. The van der Waals surface area contributed by atoms with E-state index in [1.54, 1.807) is 0 Å². The molecule has 2 heterocycles. The van der Waals surface area contributed by atoms with Crippen molar-refractivity contribution in [2.75, 3.05) is 25.0 Å². The summed E-state index contributed by atoms with van der Waals surface area (Å²) >= 11 is 0. The van der Waals surface area contributed by atoms with Crippen LogP contribution in [0, 0.1) is 5.92 Å². The monoisotopic (exact) mass is 534 g/mol. The third-order valence-electron chi connectivity index (χ3n) is 6.46. The minimum Gasteiger partial charge on any atom is -0.482 e. The molecule has 2 amide bonds. The third-order valence-corrected chi connectivity index (χ3v) is 6.46. The molecule has 38 heavy (non-hydrogen) atoms. The van der Waals surface area contributed by atoms with Gasteiger partial charge in [-0.25, -0.2) is 14.3 Å². The minimum atomic E-state index is -4.69. The SMILES string of the molecule is CC(C)CC1(O)CCN(C(=O)Nc2cc(C(F)(F)F)c3cnn(-c4ccc(OCC(=O)O)cc4)c3c2)CC1. The lowest BCUT2D eigenvalue weighted by molar-refractivity contribution is -0.139. The average molecular weight is 535 g/mol. The maximum Gasteiger partial charge on any atom is 0.417 e. The highest BCUT2D eigenvalue weighted by Crippen LogP contribution is 2.38. The number of ether oxygens (including phenoxy) is 1. The number of carbonyl (C=O) groups excluding carboxylic acids is 1. The van der Waals surface area contributed by atoms with E-state index in [-0.39, 0.29) is 35.4 Å².